The number of nitrogens with zero attached hydrogens (tertiary/aromatic N) is 1. The van der Waals surface area contributed by atoms with E-state index in [-0.39, 0.29) is 12.0 Å². The third-order valence-electron chi connectivity index (χ3n) is 2.70. The first-order valence-corrected chi connectivity index (χ1v) is 5.78. The van der Waals surface area contributed by atoms with Gasteiger partial charge in [0.25, 0.3) is 0 Å². The largest absolute Gasteiger partial charge is 0.479 e. The molecule has 98 valence electrons. The van der Waals surface area contributed by atoms with Gasteiger partial charge in [-0.15, -0.1) is 0 Å². The van der Waals surface area contributed by atoms with E-state index in [2.05, 4.69) is 5.32 Å². The van der Waals surface area contributed by atoms with Crippen LogP contribution in [0.25, 0.3) is 0 Å². The number of carboxylic acids is 1. The topological polar surface area (TPSA) is 78.9 Å². The summed E-state index contributed by atoms with van der Waals surface area (Å²) in [4.78, 5) is 24.0. The van der Waals surface area contributed by atoms with Gasteiger partial charge in [0.15, 0.2) is 6.10 Å². The van der Waals surface area contributed by atoms with Crippen molar-refractivity contribution >= 4 is 11.9 Å². The molecule has 0 saturated carbocycles. The van der Waals surface area contributed by atoms with E-state index >= 15 is 0 Å². The Morgan fingerprint density at radius 1 is 1.41 bits per heavy atom. The molecule has 6 heteroatoms. The molecule has 1 heterocycles. The Bertz CT molecular complexity index is 281. The molecule has 1 rings (SSSR count). The number of amides is 1. The summed E-state index contributed by atoms with van der Waals surface area (Å²) in [6, 6.07) is 0. The molecule has 0 bridgehead atoms. The lowest BCUT2D eigenvalue weighted by Crippen LogP contribution is -2.34. The van der Waals surface area contributed by atoms with Crippen molar-refractivity contribution in [1.82, 2.24) is 10.2 Å². The Morgan fingerprint density at radius 2 is 2.12 bits per heavy atom. The summed E-state index contributed by atoms with van der Waals surface area (Å²) >= 11 is 0. The van der Waals surface area contributed by atoms with Gasteiger partial charge in [-0.1, -0.05) is 0 Å². The van der Waals surface area contributed by atoms with Crippen molar-refractivity contribution in [3.8, 4) is 0 Å². The van der Waals surface area contributed by atoms with Crippen LogP contribution in [0, 0.1) is 0 Å². The zero-order valence-electron chi connectivity index (χ0n) is 10.3. The number of aliphatic carboxylic acids is 1. The van der Waals surface area contributed by atoms with Crippen LogP contribution < -0.4 is 5.32 Å². The SMILES string of the molecule is CN(C)CCC(=O)NCC1CCC(C(=O)O)O1. The average molecular weight is 244 g/mol. The second-order valence-corrected chi connectivity index (χ2v) is 4.52. The molecule has 2 N–H and O–H groups in total. The lowest BCUT2D eigenvalue weighted by atomic mass is 10.2. The highest BCUT2D eigenvalue weighted by Crippen LogP contribution is 2.19. The minimum atomic E-state index is -0.925. The number of nitrogens with one attached hydrogen (secondary N) is 1. The lowest BCUT2D eigenvalue weighted by molar-refractivity contribution is -0.149. The Kier molecular flexibility index (Phi) is 5.37. The molecule has 0 aromatic carbocycles. The molecule has 1 aliphatic heterocycles. The Balaban J connectivity index is 2.15. The highest BCUT2D eigenvalue weighted by atomic mass is 16.5. The smallest absolute Gasteiger partial charge is 0.332 e. The van der Waals surface area contributed by atoms with Gasteiger partial charge in [-0.2, -0.15) is 0 Å². The van der Waals surface area contributed by atoms with Gasteiger partial charge in [0.05, 0.1) is 6.10 Å². The average Bonchev–Trinajstić information content (AvgIpc) is 2.72. The van der Waals surface area contributed by atoms with Crippen molar-refractivity contribution in [1.29, 1.82) is 0 Å². The van der Waals surface area contributed by atoms with E-state index < -0.39 is 12.1 Å². The van der Waals surface area contributed by atoms with E-state index in [0.29, 0.717) is 32.4 Å². The molecule has 0 aromatic heterocycles. The second-order valence-electron chi connectivity index (χ2n) is 4.52. The first kappa shape index (κ1) is 13.9. The third kappa shape index (κ3) is 5.14. The predicted octanol–water partition coefficient (Wildman–Crippen LogP) is -0.313. The van der Waals surface area contributed by atoms with Gasteiger partial charge < -0.3 is 20.1 Å². The normalized spacial score (nSPS) is 23.9. The molecule has 0 aliphatic carbocycles. The zero-order chi connectivity index (χ0) is 12.8. The minimum absolute atomic E-state index is 0.0268. The molecular formula is C11H20N2O4. The van der Waals surface area contributed by atoms with Crippen LogP contribution in [-0.4, -0.2) is 61.3 Å². The first-order chi connectivity index (χ1) is 7.99. The highest BCUT2D eigenvalue weighted by molar-refractivity contribution is 5.76. The maximum absolute atomic E-state index is 11.4. The van der Waals surface area contributed by atoms with Gasteiger partial charge in [0.1, 0.15) is 0 Å². The Morgan fingerprint density at radius 3 is 2.65 bits per heavy atom. The van der Waals surface area contributed by atoms with Crippen molar-refractivity contribution < 1.29 is 19.4 Å². The van der Waals surface area contributed by atoms with E-state index in [9.17, 15) is 9.59 Å². The van der Waals surface area contributed by atoms with Gasteiger partial charge in [-0.3, -0.25) is 4.79 Å². The second kappa shape index (κ2) is 6.56. The number of ether oxygens (including phenoxy) is 1. The van der Waals surface area contributed by atoms with E-state index in [1.807, 2.05) is 19.0 Å². The zero-order valence-corrected chi connectivity index (χ0v) is 10.3. The van der Waals surface area contributed by atoms with Crippen molar-refractivity contribution in [2.75, 3.05) is 27.2 Å². The fourth-order valence-electron chi connectivity index (χ4n) is 1.68. The minimum Gasteiger partial charge on any atom is -0.479 e. The summed E-state index contributed by atoms with van der Waals surface area (Å²) in [6.45, 7) is 1.10. The molecular weight excluding hydrogens is 224 g/mol. The standard InChI is InChI=1S/C11H20N2O4/c1-13(2)6-5-10(14)12-7-8-3-4-9(17-8)11(15)16/h8-9H,3-7H2,1-2H3,(H,12,14)(H,15,16). The number of carbonyl (C=O) groups excluding carboxylic acids is 1. The summed E-state index contributed by atoms with van der Waals surface area (Å²) in [5.74, 6) is -0.951. The molecule has 17 heavy (non-hydrogen) atoms. The van der Waals surface area contributed by atoms with E-state index in [0.717, 1.165) is 0 Å². The van der Waals surface area contributed by atoms with Gasteiger partial charge in [-0.05, 0) is 26.9 Å². The number of carboxylic acid groups (broad SMARTS) is 1. The van der Waals surface area contributed by atoms with E-state index in [4.69, 9.17) is 9.84 Å². The summed E-state index contributed by atoms with van der Waals surface area (Å²) in [6.07, 6.45) is 0.777. The summed E-state index contributed by atoms with van der Waals surface area (Å²) in [5.41, 5.74) is 0. The fourth-order valence-corrected chi connectivity index (χ4v) is 1.68. The molecule has 6 nitrogen and oxygen atoms in total. The van der Waals surface area contributed by atoms with Gasteiger partial charge in [-0.25, -0.2) is 4.79 Å². The van der Waals surface area contributed by atoms with Crippen LogP contribution in [-0.2, 0) is 14.3 Å². The van der Waals surface area contributed by atoms with Crippen LogP contribution in [0.1, 0.15) is 19.3 Å². The van der Waals surface area contributed by atoms with Gasteiger partial charge in [0, 0.05) is 19.5 Å². The highest BCUT2D eigenvalue weighted by Gasteiger charge is 2.30. The Labute approximate surface area is 101 Å². The van der Waals surface area contributed by atoms with E-state index in [1.54, 1.807) is 0 Å². The van der Waals surface area contributed by atoms with Crippen LogP contribution in [0.4, 0.5) is 0 Å². The molecule has 2 atom stereocenters. The van der Waals surface area contributed by atoms with Crippen molar-refractivity contribution in [3.05, 3.63) is 0 Å². The molecule has 1 fully saturated rings. The van der Waals surface area contributed by atoms with Crippen molar-refractivity contribution in [2.24, 2.45) is 0 Å². The predicted molar refractivity (Wildman–Crippen MR) is 61.7 cm³/mol. The fraction of sp³-hybridized carbons (Fsp3) is 0.818. The van der Waals surface area contributed by atoms with Gasteiger partial charge in [0.2, 0.25) is 5.91 Å². The third-order valence-corrected chi connectivity index (χ3v) is 2.70. The van der Waals surface area contributed by atoms with Crippen LogP contribution >= 0.6 is 0 Å². The molecule has 0 radical (unpaired) electrons. The van der Waals surface area contributed by atoms with Crippen molar-refractivity contribution in [2.45, 2.75) is 31.5 Å². The number of carbonyl (C=O) groups is 2. The molecule has 1 amide bonds. The van der Waals surface area contributed by atoms with E-state index in [1.165, 1.54) is 0 Å². The Hall–Kier alpha value is -1.14. The molecule has 0 spiro atoms. The monoisotopic (exact) mass is 244 g/mol. The molecule has 0 aromatic rings. The first-order valence-electron chi connectivity index (χ1n) is 5.78. The summed E-state index contributed by atoms with van der Waals surface area (Å²) in [5, 5.41) is 11.5. The van der Waals surface area contributed by atoms with Crippen LogP contribution in [0.2, 0.25) is 0 Å². The van der Waals surface area contributed by atoms with Crippen molar-refractivity contribution in [3.63, 3.8) is 0 Å². The quantitative estimate of drug-likeness (QED) is 0.670. The van der Waals surface area contributed by atoms with Crippen LogP contribution in [0.5, 0.6) is 0 Å². The summed E-state index contributed by atoms with van der Waals surface area (Å²) < 4.78 is 5.27. The van der Waals surface area contributed by atoms with Crippen LogP contribution in [0.3, 0.4) is 0 Å². The maximum Gasteiger partial charge on any atom is 0.332 e. The molecule has 1 aliphatic rings. The number of rotatable bonds is 6. The maximum atomic E-state index is 11.4. The van der Waals surface area contributed by atoms with Gasteiger partial charge >= 0.3 is 5.97 Å². The molecule has 2 unspecified atom stereocenters. The van der Waals surface area contributed by atoms with Crippen LogP contribution in [0.15, 0.2) is 0 Å². The molecule has 1 saturated heterocycles. The summed E-state index contributed by atoms with van der Waals surface area (Å²) in [7, 11) is 3.82. The number of hydrogen-bond donors (Lipinski definition) is 2. The lowest BCUT2D eigenvalue weighted by Gasteiger charge is -2.13. The number of hydrogen-bond acceptors (Lipinski definition) is 4.